The summed E-state index contributed by atoms with van der Waals surface area (Å²) in [5.41, 5.74) is 6.55. The minimum absolute atomic E-state index is 0.408. The Morgan fingerprint density at radius 2 is 1.70 bits per heavy atom. The first-order valence-corrected chi connectivity index (χ1v) is 10.7. The van der Waals surface area contributed by atoms with Crippen molar-refractivity contribution in [3.05, 3.63) is 71.0 Å². The highest BCUT2D eigenvalue weighted by atomic mass is 16.5. The van der Waals surface area contributed by atoms with Crippen LogP contribution in [0, 0.1) is 6.92 Å². The first kappa shape index (κ1) is 17.6. The molecule has 6 heteroatoms. The maximum absolute atomic E-state index is 6.29. The van der Waals surface area contributed by atoms with Crippen LogP contribution >= 0.6 is 0 Å². The minimum atomic E-state index is 0.408. The van der Waals surface area contributed by atoms with E-state index < -0.39 is 0 Å². The normalized spacial score (nSPS) is 19.8. The van der Waals surface area contributed by atoms with Crippen LogP contribution in [0.4, 0.5) is 0 Å². The second kappa shape index (κ2) is 6.90. The molecule has 3 aliphatic rings. The third-order valence-corrected chi connectivity index (χ3v) is 6.61. The number of aryl methyl sites for hydroxylation is 1. The molecule has 0 saturated heterocycles. The molecule has 0 atom stereocenters. The molecule has 1 fully saturated rings. The fraction of sp³-hybridized carbons (Fsp3) is 0.333. The average Bonchev–Trinajstić information content (AvgIpc) is 3.23. The van der Waals surface area contributed by atoms with E-state index in [-0.39, 0.29) is 0 Å². The van der Waals surface area contributed by atoms with Gasteiger partial charge in [0.15, 0.2) is 11.5 Å². The van der Waals surface area contributed by atoms with Crippen molar-refractivity contribution in [3.63, 3.8) is 0 Å². The lowest BCUT2D eigenvalue weighted by Gasteiger charge is -2.38. The predicted molar refractivity (Wildman–Crippen MR) is 113 cm³/mol. The molecule has 6 nitrogen and oxygen atoms in total. The standard InChI is InChI=1S/C24H23N5O/c1-15-6-2-3-8-19(15)22-26-27-23-20-16-9-11-17(12-10-16)21(20)24(28-29(22)23)30-14-18-7-4-5-13-25-18/h2-8,13,16-17H,9-12,14H2,1H3. The number of fused-ring (bicyclic) bond motifs is 3. The predicted octanol–water partition coefficient (Wildman–Crippen LogP) is 4.83. The van der Waals surface area contributed by atoms with Crippen molar-refractivity contribution in [2.45, 2.75) is 51.0 Å². The summed E-state index contributed by atoms with van der Waals surface area (Å²) < 4.78 is 8.19. The van der Waals surface area contributed by atoms with E-state index in [0.29, 0.717) is 24.3 Å². The van der Waals surface area contributed by atoms with Gasteiger partial charge in [-0.1, -0.05) is 30.3 Å². The van der Waals surface area contributed by atoms with Crippen LogP contribution in [0.2, 0.25) is 0 Å². The molecule has 3 aromatic heterocycles. The lowest BCUT2D eigenvalue weighted by Crippen LogP contribution is -2.25. The molecule has 0 unspecified atom stereocenters. The Labute approximate surface area is 175 Å². The molecule has 7 rings (SSSR count). The van der Waals surface area contributed by atoms with Crippen molar-refractivity contribution in [1.29, 1.82) is 0 Å². The number of benzene rings is 1. The number of hydrogen-bond donors (Lipinski definition) is 0. The number of rotatable bonds is 4. The quantitative estimate of drug-likeness (QED) is 0.493. The average molecular weight is 397 g/mol. The van der Waals surface area contributed by atoms with Crippen molar-refractivity contribution < 1.29 is 4.74 Å². The lowest BCUT2D eigenvalue weighted by molar-refractivity contribution is 0.265. The Hall–Kier alpha value is -3.28. The van der Waals surface area contributed by atoms with Crippen LogP contribution in [0.25, 0.3) is 17.0 Å². The molecule has 30 heavy (non-hydrogen) atoms. The van der Waals surface area contributed by atoms with E-state index in [4.69, 9.17) is 9.84 Å². The van der Waals surface area contributed by atoms with Crippen molar-refractivity contribution in [2.24, 2.45) is 0 Å². The van der Waals surface area contributed by atoms with E-state index in [1.807, 2.05) is 34.8 Å². The van der Waals surface area contributed by atoms with Crippen molar-refractivity contribution in [1.82, 2.24) is 24.8 Å². The largest absolute Gasteiger partial charge is 0.470 e. The fourth-order valence-electron chi connectivity index (χ4n) is 5.11. The highest BCUT2D eigenvalue weighted by Gasteiger charge is 2.39. The van der Waals surface area contributed by atoms with Crippen LogP contribution in [-0.2, 0) is 6.61 Å². The number of aromatic nitrogens is 5. The summed E-state index contributed by atoms with van der Waals surface area (Å²) in [6, 6.07) is 14.1. The maximum atomic E-state index is 6.29. The van der Waals surface area contributed by atoms with Gasteiger partial charge in [-0.25, -0.2) is 0 Å². The van der Waals surface area contributed by atoms with E-state index in [1.165, 1.54) is 36.8 Å². The number of ether oxygens (including phenoxy) is 1. The third kappa shape index (κ3) is 2.70. The van der Waals surface area contributed by atoms with Gasteiger partial charge in [0.2, 0.25) is 5.88 Å². The van der Waals surface area contributed by atoms with E-state index >= 15 is 0 Å². The molecule has 0 N–H and O–H groups in total. The third-order valence-electron chi connectivity index (χ3n) is 6.61. The summed E-state index contributed by atoms with van der Waals surface area (Å²) >= 11 is 0. The highest BCUT2D eigenvalue weighted by Crippen LogP contribution is 2.53. The zero-order valence-corrected chi connectivity index (χ0v) is 17.0. The van der Waals surface area contributed by atoms with Crippen LogP contribution in [0.1, 0.15) is 59.9 Å². The van der Waals surface area contributed by atoms with E-state index in [1.54, 1.807) is 6.20 Å². The zero-order chi connectivity index (χ0) is 20.1. The van der Waals surface area contributed by atoms with Gasteiger partial charge in [-0.15, -0.1) is 15.3 Å². The fourth-order valence-corrected chi connectivity index (χ4v) is 5.11. The second-order valence-corrected chi connectivity index (χ2v) is 8.36. The van der Waals surface area contributed by atoms with Crippen molar-refractivity contribution >= 4 is 5.65 Å². The number of pyridine rings is 1. The Morgan fingerprint density at radius 3 is 2.47 bits per heavy atom. The van der Waals surface area contributed by atoms with E-state index in [9.17, 15) is 0 Å². The highest BCUT2D eigenvalue weighted by molar-refractivity contribution is 5.67. The van der Waals surface area contributed by atoms with Gasteiger partial charge < -0.3 is 4.74 Å². The molecule has 0 radical (unpaired) electrons. The summed E-state index contributed by atoms with van der Waals surface area (Å²) in [6.45, 7) is 2.50. The Morgan fingerprint density at radius 1 is 0.933 bits per heavy atom. The van der Waals surface area contributed by atoms with Gasteiger partial charge in [0.25, 0.3) is 0 Å². The summed E-state index contributed by atoms with van der Waals surface area (Å²) in [5, 5.41) is 14.1. The van der Waals surface area contributed by atoms with E-state index in [2.05, 4.69) is 34.2 Å². The van der Waals surface area contributed by atoms with Crippen LogP contribution in [0.5, 0.6) is 5.88 Å². The number of nitrogens with zero attached hydrogens (tertiary/aromatic N) is 5. The topological polar surface area (TPSA) is 65.2 Å². The summed E-state index contributed by atoms with van der Waals surface area (Å²) in [5.74, 6) is 2.50. The van der Waals surface area contributed by atoms with Gasteiger partial charge in [-0.05, 0) is 62.1 Å². The van der Waals surface area contributed by atoms with Gasteiger partial charge in [0.1, 0.15) is 6.61 Å². The molecule has 1 saturated carbocycles. The van der Waals surface area contributed by atoms with Crippen LogP contribution in [0.3, 0.4) is 0 Å². The molecular formula is C24H23N5O. The van der Waals surface area contributed by atoms with Crippen LogP contribution in [0.15, 0.2) is 48.7 Å². The molecule has 0 amide bonds. The molecule has 150 valence electrons. The lowest BCUT2D eigenvalue weighted by atomic mass is 9.67. The Balaban J connectivity index is 1.53. The molecule has 1 aromatic carbocycles. The first-order chi connectivity index (χ1) is 14.8. The minimum Gasteiger partial charge on any atom is -0.470 e. The van der Waals surface area contributed by atoms with Gasteiger partial charge in [-0.3, -0.25) is 4.98 Å². The molecular weight excluding hydrogens is 374 g/mol. The van der Waals surface area contributed by atoms with Gasteiger partial charge in [0.05, 0.1) is 5.69 Å². The first-order valence-electron chi connectivity index (χ1n) is 10.7. The summed E-state index contributed by atoms with van der Waals surface area (Å²) in [6.07, 6.45) is 6.62. The monoisotopic (exact) mass is 397 g/mol. The van der Waals surface area contributed by atoms with Crippen LogP contribution < -0.4 is 4.74 Å². The van der Waals surface area contributed by atoms with Gasteiger partial charge in [-0.2, -0.15) is 4.52 Å². The molecule has 3 heterocycles. The molecule has 0 aliphatic heterocycles. The summed E-state index contributed by atoms with van der Waals surface area (Å²) in [7, 11) is 0. The van der Waals surface area contributed by atoms with Crippen molar-refractivity contribution in [2.75, 3.05) is 0 Å². The molecule has 0 spiro atoms. The zero-order valence-electron chi connectivity index (χ0n) is 17.0. The maximum Gasteiger partial charge on any atom is 0.236 e. The SMILES string of the molecule is Cc1ccccc1-c1nnc2c3c(c(OCc4ccccn4)nn12)C1CCC3CC1. The molecule has 3 aliphatic carbocycles. The van der Waals surface area contributed by atoms with Gasteiger partial charge >= 0.3 is 0 Å². The van der Waals surface area contributed by atoms with E-state index in [0.717, 1.165) is 28.3 Å². The smallest absolute Gasteiger partial charge is 0.236 e. The van der Waals surface area contributed by atoms with Gasteiger partial charge in [0, 0.05) is 22.9 Å². The Bertz CT molecular complexity index is 1230. The van der Waals surface area contributed by atoms with Crippen molar-refractivity contribution in [3.8, 4) is 17.3 Å². The molecule has 2 bridgehead atoms. The summed E-state index contributed by atoms with van der Waals surface area (Å²) in [4.78, 5) is 4.40. The second-order valence-electron chi connectivity index (χ2n) is 8.36. The molecule has 4 aromatic rings. The van der Waals surface area contributed by atoms with Crippen LogP contribution in [-0.4, -0.2) is 24.8 Å². The number of hydrogen-bond acceptors (Lipinski definition) is 5. The Kier molecular flexibility index (Phi) is 4.04.